The van der Waals surface area contributed by atoms with Crippen molar-refractivity contribution < 1.29 is 4.42 Å². The molecule has 0 radical (unpaired) electrons. The molecule has 92 valence electrons. The van der Waals surface area contributed by atoms with Crippen LogP contribution in [-0.2, 0) is 0 Å². The predicted molar refractivity (Wildman–Crippen MR) is 71.4 cm³/mol. The van der Waals surface area contributed by atoms with Crippen LogP contribution < -0.4 is 5.32 Å². The Kier molecular flexibility index (Phi) is 3.38. The zero-order chi connectivity index (χ0) is 13.1. The molecule has 1 unspecified atom stereocenters. The number of furan rings is 1. The minimum atomic E-state index is 0.0357. The average molecular weight is 240 g/mol. The highest BCUT2D eigenvalue weighted by molar-refractivity contribution is 5.59. The van der Waals surface area contributed by atoms with E-state index in [0.29, 0.717) is 5.56 Å². The number of benzene rings is 1. The third-order valence-corrected chi connectivity index (χ3v) is 2.86. The lowest BCUT2D eigenvalue weighted by atomic mass is 10.1. The summed E-state index contributed by atoms with van der Waals surface area (Å²) in [5.74, 6) is 1.76. The van der Waals surface area contributed by atoms with E-state index in [1.165, 1.54) is 0 Å². The molecular weight excluding hydrogens is 224 g/mol. The molecule has 0 aliphatic rings. The Labute approximate surface area is 107 Å². The van der Waals surface area contributed by atoms with Crippen LogP contribution in [0.2, 0.25) is 0 Å². The molecule has 1 atom stereocenters. The van der Waals surface area contributed by atoms with Crippen LogP contribution in [0.3, 0.4) is 0 Å². The molecule has 18 heavy (non-hydrogen) atoms. The molecule has 0 spiro atoms. The summed E-state index contributed by atoms with van der Waals surface area (Å²) in [5, 5.41) is 12.4. The Hall–Kier alpha value is -2.21. The Bertz CT molecular complexity index is 593. The van der Waals surface area contributed by atoms with Crippen molar-refractivity contribution in [2.45, 2.75) is 26.8 Å². The first-order valence-electron chi connectivity index (χ1n) is 5.94. The molecule has 0 bridgehead atoms. The summed E-state index contributed by atoms with van der Waals surface area (Å²) in [4.78, 5) is 0. The van der Waals surface area contributed by atoms with Crippen molar-refractivity contribution >= 4 is 5.69 Å². The zero-order valence-electron chi connectivity index (χ0n) is 10.8. The summed E-state index contributed by atoms with van der Waals surface area (Å²) in [7, 11) is 0. The first kappa shape index (κ1) is 12.3. The van der Waals surface area contributed by atoms with E-state index in [1.807, 2.05) is 51.1 Å². The Balaban J connectivity index is 2.22. The van der Waals surface area contributed by atoms with Crippen LogP contribution in [0.1, 0.15) is 35.6 Å². The minimum absolute atomic E-state index is 0.0357. The third kappa shape index (κ3) is 2.54. The van der Waals surface area contributed by atoms with Crippen LogP contribution in [0.5, 0.6) is 0 Å². The second-order valence-corrected chi connectivity index (χ2v) is 4.48. The van der Waals surface area contributed by atoms with Crippen LogP contribution in [0.4, 0.5) is 5.69 Å². The molecule has 0 saturated heterocycles. The van der Waals surface area contributed by atoms with Crippen molar-refractivity contribution in [2.75, 3.05) is 5.32 Å². The molecule has 1 aromatic carbocycles. The lowest BCUT2D eigenvalue weighted by Crippen LogP contribution is -2.07. The van der Waals surface area contributed by atoms with Crippen LogP contribution in [0.25, 0.3) is 0 Å². The molecule has 0 amide bonds. The quantitative estimate of drug-likeness (QED) is 0.883. The zero-order valence-corrected chi connectivity index (χ0v) is 10.8. The van der Waals surface area contributed by atoms with Crippen molar-refractivity contribution in [1.82, 2.24) is 0 Å². The van der Waals surface area contributed by atoms with Crippen LogP contribution in [0, 0.1) is 25.2 Å². The number of nitrogens with one attached hydrogen (secondary N) is 1. The molecule has 3 heteroatoms. The van der Waals surface area contributed by atoms with Crippen molar-refractivity contribution in [3.63, 3.8) is 0 Å². The number of nitriles is 1. The van der Waals surface area contributed by atoms with Gasteiger partial charge in [0.15, 0.2) is 0 Å². The predicted octanol–water partition coefficient (Wildman–Crippen LogP) is 3.94. The van der Waals surface area contributed by atoms with Gasteiger partial charge in [0, 0.05) is 0 Å². The van der Waals surface area contributed by atoms with Crippen molar-refractivity contribution in [2.24, 2.45) is 0 Å². The van der Waals surface area contributed by atoms with E-state index in [0.717, 1.165) is 22.8 Å². The first-order chi connectivity index (χ1) is 8.60. The van der Waals surface area contributed by atoms with Crippen LogP contribution >= 0.6 is 0 Å². The average Bonchev–Trinajstić information content (AvgIpc) is 2.78. The maximum absolute atomic E-state index is 9.12. The van der Waals surface area contributed by atoms with Gasteiger partial charge in [-0.2, -0.15) is 5.26 Å². The van der Waals surface area contributed by atoms with Gasteiger partial charge in [-0.05, 0) is 50.6 Å². The summed E-state index contributed by atoms with van der Waals surface area (Å²) in [6.07, 6.45) is 0. The van der Waals surface area contributed by atoms with Gasteiger partial charge in [-0.15, -0.1) is 0 Å². The number of nitrogens with zero attached hydrogens (tertiary/aromatic N) is 1. The summed E-state index contributed by atoms with van der Waals surface area (Å²) in [6, 6.07) is 11.9. The molecule has 1 N–H and O–H groups in total. The summed E-state index contributed by atoms with van der Waals surface area (Å²) < 4.78 is 5.57. The summed E-state index contributed by atoms with van der Waals surface area (Å²) in [6.45, 7) is 5.91. The van der Waals surface area contributed by atoms with E-state index in [1.54, 1.807) is 0 Å². The van der Waals surface area contributed by atoms with Gasteiger partial charge in [-0.3, -0.25) is 0 Å². The Morgan fingerprint density at radius 1 is 1.22 bits per heavy atom. The van der Waals surface area contributed by atoms with Gasteiger partial charge >= 0.3 is 0 Å². The third-order valence-electron chi connectivity index (χ3n) is 2.86. The van der Waals surface area contributed by atoms with Crippen molar-refractivity contribution in [3.05, 3.63) is 53.0 Å². The second-order valence-electron chi connectivity index (χ2n) is 4.48. The molecule has 0 aliphatic carbocycles. The van der Waals surface area contributed by atoms with E-state index in [2.05, 4.69) is 11.4 Å². The summed E-state index contributed by atoms with van der Waals surface area (Å²) in [5.41, 5.74) is 2.58. The normalized spacial score (nSPS) is 11.9. The van der Waals surface area contributed by atoms with Gasteiger partial charge in [0.05, 0.1) is 17.3 Å². The van der Waals surface area contributed by atoms with E-state index < -0.39 is 0 Å². The number of aryl methyl sites for hydroxylation is 2. The highest BCUT2D eigenvalue weighted by atomic mass is 16.3. The lowest BCUT2D eigenvalue weighted by Gasteiger charge is -2.14. The van der Waals surface area contributed by atoms with Crippen LogP contribution in [0.15, 0.2) is 34.7 Å². The fourth-order valence-electron chi connectivity index (χ4n) is 1.87. The van der Waals surface area contributed by atoms with E-state index in [-0.39, 0.29) is 6.04 Å². The van der Waals surface area contributed by atoms with E-state index in [9.17, 15) is 0 Å². The van der Waals surface area contributed by atoms with Crippen molar-refractivity contribution in [3.8, 4) is 6.07 Å². The molecule has 0 saturated carbocycles. The fraction of sp³-hybridized carbons (Fsp3) is 0.267. The highest BCUT2D eigenvalue weighted by Crippen LogP contribution is 2.24. The molecule has 1 heterocycles. The summed E-state index contributed by atoms with van der Waals surface area (Å²) >= 11 is 0. The minimum Gasteiger partial charge on any atom is -0.464 e. The first-order valence-corrected chi connectivity index (χ1v) is 5.94. The van der Waals surface area contributed by atoms with Gasteiger partial charge in [-0.1, -0.05) is 6.07 Å². The van der Waals surface area contributed by atoms with Gasteiger partial charge in [-0.25, -0.2) is 0 Å². The van der Waals surface area contributed by atoms with E-state index in [4.69, 9.17) is 9.68 Å². The molecule has 3 nitrogen and oxygen atoms in total. The monoisotopic (exact) mass is 240 g/mol. The fourth-order valence-corrected chi connectivity index (χ4v) is 1.87. The number of anilines is 1. The molecule has 0 aliphatic heterocycles. The molecular formula is C15H16N2O. The van der Waals surface area contributed by atoms with Gasteiger partial charge in [0.1, 0.15) is 17.6 Å². The van der Waals surface area contributed by atoms with Gasteiger partial charge in [0.25, 0.3) is 0 Å². The smallest absolute Gasteiger partial charge is 0.126 e. The van der Waals surface area contributed by atoms with Crippen molar-refractivity contribution in [1.29, 1.82) is 5.26 Å². The maximum atomic E-state index is 9.12. The number of hydrogen-bond donors (Lipinski definition) is 1. The molecule has 2 rings (SSSR count). The Morgan fingerprint density at radius 3 is 2.61 bits per heavy atom. The molecule has 1 aromatic heterocycles. The van der Waals surface area contributed by atoms with Crippen LogP contribution in [-0.4, -0.2) is 0 Å². The van der Waals surface area contributed by atoms with Gasteiger partial charge < -0.3 is 9.73 Å². The van der Waals surface area contributed by atoms with E-state index >= 15 is 0 Å². The SMILES string of the molecule is Cc1ccc(NC(C)c2ccc(C)o2)c(C#N)c1. The second kappa shape index (κ2) is 4.97. The molecule has 0 fully saturated rings. The lowest BCUT2D eigenvalue weighted by molar-refractivity contribution is 0.467. The standard InChI is InChI=1S/C15H16N2O/c1-10-4-6-14(13(8-10)9-16)17-12(3)15-7-5-11(2)18-15/h4-8,12,17H,1-3H3. The van der Waals surface area contributed by atoms with Gasteiger partial charge in [0.2, 0.25) is 0 Å². The highest BCUT2D eigenvalue weighted by Gasteiger charge is 2.11. The number of hydrogen-bond acceptors (Lipinski definition) is 3. The number of rotatable bonds is 3. The molecule has 2 aromatic rings. The largest absolute Gasteiger partial charge is 0.464 e. The topological polar surface area (TPSA) is 49.0 Å². The maximum Gasteiger partial charge on any atom is 0.126 e. The Morgan fingerprint density at radius 2 is 2.00 bits per heavy atom.